The fourth-order valence-electron chi connectivity index (χ4n) is 8.37. The Bertz CT molecular complexity index is 2300. The van der Waals surface area contributed by atoms with Crippen LogP contribution in [0.3, 0.4) is 0 Å². The van der Waals surface area contributed by atoms with Crippen LogP contribution < -0.4 is 32.3 Å². The maximum absolute atomic E-state index is 14.9. The van der Waals surface area contributed by atoms with Crippen LogP contribution in [-0.2, 0) is 70.7 Å². The van der Waals surface area contributed by atoms with E-state index in [1.807, 2.05) is 91.0 Å². The van der Waals surface area contributed by atoms with Gasteiger partial charge in [0.2, 0.25) is 35.4 Å². The van der Waals surface area contributed by atoms with Crippen LogP contribution in [-0.4, -0.2) is 105 Å². The van der Waals surface area contributed by atoms with Gasteiger partial charge in [-0.15, -0.1) is 0 Å². The van der Waals surface area contributed by atoms with E-state index in [0.717, 1.165) is 33.9 Å². The standard InChI is InChI=1S/C51H61N7O8/c1-65-34-38-14-18-40(19-15-38)39-16-12-36(13-17-39)30-44-49(63)55-33-42-11-6-5-10-41(42)31-46(60)56-43(48(62)54-26-29-66-28-24-52)22-25-53-45(59)20-21-47(61)58-27-7-23-51(35-58,50(64)57-44)32-37-8-3-2-4-9-37/h2-6,8-21,43-44H,7,22-35,52H2,1H3,(H,53,59)(H,54,62)(H,55,63)(H,56,60)(H,57,64)/b21-20+/t43-,44-,51-/m0/s1. The SMILES string of the molecule is COCc1ccc(-c2ccc(C[C@@H]3NC(=O)[C@]4(Cc5ccccc5)CCCN(C4)C(=O)/C=C/C(=O)NCC[C@@H](C(=O)NCCOCCN)NC(=O)Cc4ccccc4CNC3=O)cc2)cc1. The van der Waals surface area contributed by atoms with Crippen molar-refractivity contribution in [3.05, 3.63) is 143 Å². The summed E-state index contributed by atoms with van der Waals surface area (Å²) >= 11 is 0. The Balaban J connectivity index is 1.30. The van der Waals surface area contributed by atoms with Crippen LogP contribution in [0.4, 0.5) is 0 Å². The third kappa shape index (κ3) is 14.2. The molecule has 6 rings (SSSR count). The second-order valence-electron chi connectivity index (χ2n) is 16.8. The van der Waals surface area contributed by atoms with Gasteiger partial charge in [0.15, 0.2) is 0 Å². The van der Waals surface area contributed by atoms with Gasteiger partial charge in [-0.2, -0.15) is 0 Å². The number of carbonyl (C=O) groups excluding carboxylic acids is 6. The smallest absolute Gasteiger partial charge is 0.246 e. The van der Waals surface area contributed by atoms with Gasteiger partial charge in [-0.25, -0.2) is 0 Å². The minimum atomic E-state index is -1.11. The molecule has 1 fully saturated rings. The molecule has 0 radical (unpaired) electrons. The molecule has 15 nitrogen and oxygen atoms in total. The van der Waals surface area contributed by atoms with Gasteiger partial charge >= 0.3 is 0 Å². The third-order valence-corrected chi connectivity index (χ3v) is 11.9. The summed E-state index contributed by atoms with van der Waals surface area (Å²) in [6, 6.07) is 30.7. The number of benzene rings is 4. The molecule has 0 spiro atoms. The van der Waals surface area contributed by atoms with Crippen LogP contribution >= 0.6 is 0 Å². The molecule has 1 saturated heterocycles. The van der Waals surface area contributed by atoms with Gasteiger partial charge in [0.25, 0.3) is 0 Å². The quantitative estimate of drug-likeness (QED) is 0.109. The Kier molecular flexibility index (Phi) is 18.2. The zero-order valence-corrected chi connectivity index (χ0v) is 37.5. The van der Waals surface area contributed by atoms with E-state index in [2.05, 4.69) is 26.6 Å². The number of hydrogen-bond donors (Lipinski definition) is 6. The molecule has 0 aliphatic carbocycles. The number of ether oxygens (including phenoxy) is 2. The van der Waals surface area contributed by atoms with Crippen molar-refractivity contribution in [1.82, 2.24) is 31.5 Å². The van der Waals surface area contributed by atoms with Gasteiger partial charge in [-0.3, -0.25) is 28.8 Å². The highest BCUT2D eigenvalue weighted by Gasteiger charge is 2.44. The van der Waals surface area contributed by atoms with Crippen molar-refractivity contribution in [1.29, 1.82) is 0 Å². The molecule has 4 aromatic rings. The van der Waals surface area contributed by atoms with Crippen molar-refractivity contribution in [2.24, 2.45) is 11.1 Å². The zero-order chi connectivity index (χ0) is 46.7. The molecule has 2 bridgehead atoms. The Morgan fingerprint density at radius 1 is 0.803 bits per heavy atom. The number of piperidine rings is 1. The molecule has 66 heavy (non-hydrogen) atoms. The number of nitrogens with zero attached hydrogens (tertiary/aromatic N) is 1. The lowest BCUT2D eigenvalue weighted by molar-refractivity contribution is -0.141. The van der Waals surface area contributed by atoms with E-state index in [-0.39, 0.29) is 58.0 Å². The fourth-order valence-corrected chi connectivity index (χ4v) is 8.37. The summed E-state index contributed by atoms with van der Waals surface area (Å²) in [7, 11) is 1.66. The van der Waals surface area contributed by atoms with E-state index in [1.54, 1.807) is 24.1 Å². The highest BCUT2D eigenvalue weighted by molar-refractivity contribution is 5.97. The second kappa shape index (κ2) is 24.6. The molecule has 4 aromatic carbocycles. The van der Waals surface area contributed by atoms with Crippen LogP contribution in [0.25, 0.3) is 11.1 Å². The van der Waals surface area contributed by atoms with E-state index < -0.39 is 47.0 Å². The molecule has 15 heteroatoms. The molecule has 2 aliphatic heterocycles. The van der Waals surface area contributed by atoms with Crippen LogP contribution in [0.15, 0.2) is 115 Å². The van der Waals surface area contributed by atoms with Crippen molar-refractivity contribution < 1.29 is 38.2 Å². The highest BCUT2D eigenvalue weighted by Crippen LogP contribution is 2.35. The summed E-state index contributed by atoms with van der Waals surface area (Å²) < 4.78 is 10.6. The Morgan fingerprint density at radius 3 is 2.21 bits per heavy atom. The van der Waals surface area contributed by atoms with E-state index in [1.165, 1.54) is 6.08 Å². The number of hydrogen-bond acceptors (Lipinski definition) is 9. The normalized spacial score (nSPS) is 20.6. The van der Waals surface area contributed by atoms with Crippen molar-refractivity contribution in [3.63, 3.8) is 0 Å². The molecule has 6 amide bonds. The number of fused-ring (bicyclic) bond motifs is 3. The van der Waals surface area contributed by atoms with Gasteiger partial charge in [-0.1, -0.05) is 103 Å². The van der Waals surface area contributed by atoms with Gasteiger partial charge in [0, 0.05) is 65.0 Å². The van der Waals surface area contributed by atoms with Gasteiger partial charge < -0.3 is 46.7 Å². The van der Waals surface area contributed by atoms with E-state index in [9.17, 15) is 28.8 Å². The highest BCUT2D eigenvalue weighted by atomic mass is 16.5. The van der Waals surface area contributed by atoms with Gasteiger partial charge in [0.1, 0.15) is 12.1 Å². The lowest BCUT2D eigenvalue weighted by atomic mass is 9.74. The Hall–Kier alpha value is -6.68. The number of nitrogens with two attached hydrogens (primary N) is 1. The monoisotopic (exact) mass is 899 g/mol. The molecule has 2 aliphatic rings. The predicted molar refractivity (Wildman–Crippen MR) is 250 cm³/mol. The molecule has 348 valence electrons. The maximum Gasteiger partial charge on any atom is 0.246 e. The number of amides is 6. The predicted octanol–water partition coefficient (Wildman–Crippen LogP) is 2.89. The average molecular weight is 900 g/mol. The number of rotatable bonds is 13. The van der Waals surface area contributed by atoms with Gasteiger partial charge in [0.05, 0.1) is 31.7 Å². The number of methoxy groups -OCH3 is 1. The van der Waals surface area contributed by atoms with Gasteiger partial charge in [-0.05, 0) is 64.6 Å². The Labute approximate surface area is 386 Å². The lowest BCUT2D eigenvalue weighted by Gasteiger charge is -2.42. The topological polar surface area (TPSA) is 210 Å². The number of carbonyl (C=O) groups is 6. The second-order valence-corrected chi connectivity index (χ2v) is 16.8. The molecule has 0 aromatic heterocycles. The minimum Gasteiger partial charge on any atom is -0.380 e. The first-order chi connectivity index (χ1) is 32.1. The minimum absolute atomic E-state index is 0.0144. The Morgan fingerprint density at radius 2 is 1.50 bits per heavy atom. The summed E-state index contributed by atoms with van der Waals surface area (Å²) in [6.45, 7) is 2.09. The first-order valence-corrected chi connectivity index (χ1v) is 22.5. The molecular formula is C51H61N7O8. The molecule has 2 heterocycles. The molecule has 0 saturated carbocycles. The summed E-state index contributed by atoms with van der Waals surface area (Å²) in [5, 5.41) is 14.4. The van der Waals surface area contributed by atoms with Crippen molar-refractivity contribution >= 4 is 35.4 Å². The summed E-state index contributed by atoms with van der Waals surface area (Å²) in [6.07, 6.45) is 3.71. The maximum atomic E-state index is 14.9. The number of nitrogens with one attached hydrogen (secondary N) is 5. The van der Waals surface area contributed by atoms with E-state index >= 15 is 0 Å². The molecule has 0 unspecified atom stereocenters. The largest absolute Gasteiger partial charge is 0.380 e. The van der Waals surface area contributed by atoms with E-state index in [4.69, 9.17) is 15.2 Å². The van der Waals surface area contributed by atoms with Crippen LogP contribution in [0.2, 0.25) is 0 Å². The molecule has 3 atom stereocenters. The van der Waals surface area contributed by atoms with Crippen LogP contribution in [0.1, 0.15) is 47.1 Å². The lowest BCUT2D eigenvalue weighted by Crippen LogP contribution is -2.58. The zero-order valence-electron chi connectivity index (χ0n) is 37.5. The summed E-state index contributed by atoms with van der Waals surface area (Å²) in [4.78, 5) is 84.6. The summed E-state index contributed by atoms with van der Waals surface area (Å²) in [5.74, 6) is -2.71. The van der Waals surface area contributed by atoms with Crippen LogP contribution in [0, 0.1) is 5.41 Å². The van der Waals surface area contributed by atoms with Crippen molar-refractivity contribution in [2.45, 2.75) is 63.8 Å². The van der Waals surface area contributed by atoms with E-state index in [0.29, 0.717) is 56.7 Å². The first-order valence-electron chi connectivity index (χ1n) is 22.5. The average Bonchev–Trinajstić information content (AvgIpc) is 3.33. The summed E-state index contributed by atoms with van der Waals surface area (Å²) in [5.41, 5.74) is 10.5. The fraction of sp³-hybridized carbons (Fsp3) is 0.373. The molecule has 7 N–H and O–H groups in total. The van der Waals surface area contributed by atoms with Crippen LogP contribution in [0.5, 0.6) is 0 Å². The van der Waals surface area contributed by atoms with Crippen molar-refractivity contribution in [2.75, 3.05) is 53.0 Å². The molecular weight excluding hydrogens is 839 g/mol. The third-order valence-electron chi connectivity index (χ3n) is 11.9. The first kappa shape index (κ1) is 48.8. The van der Waals surface area contributed by atoms with Crippen molar-refractivity contribution in [3.8, 4) is 11.1 Å².